The molecule has 230 valence electrons. The Kier molecular flexibility index (Phi) is 8.05. The van der Waals surface area contributed by atoms with Gasteiger partial charge in [-0.15, -0.1) is 0 Å². The molecule has 3 heteroatoms. The number of allylic oxidation sites excluding steroid dienone is 1. The molecule has 8 unspecified atom stereocenters. The predicted octanol–water partition coefficient (Wildman–Crippen LogP) is 7.56. The third-order valence-corrected chi connectivity index (χ3v) is 12.1. The summed E-state index contributed by atoms with van der Waals surface area (Å²) in [6.07, 6.45) is 7.46. The molecule has 3 fully saturated rings. The van der Waals surface area contributed by atoms with Gasteiger partial charge in [0.05, 0.1) is 13.2 Å². The Morgan fingerprint density at radius 2 is 1.67 bits per heavy atom. The molecular weight excluding hydrogens is 526 g/mol. The van der Waals surface area contributed by atoms with Crippen molar-refractivity contribution < 1.29 is 9.84 Å². The van der Waals surface area contributed by atoms with Crippen molar-refractivity contribution in [1.82, 2.24) is 4.90 Å². The molecule has 4 aliphatic rings. The zero-order chi connectivity index (χ0) is 30.9. The highest BCUT2D eigenvalue weighted by atomic mass is 16.5. The third-order valence-electron chi connectivity index (χ3n) is 12.1. The monoisotopic (exact) mass is 579 g/mol. The first-order valence-electron chi connectivity index (χ1n) is 16.8. The fourth-order valence-electron chi connectivity index (χ4n) is 10.1. The van der Waals surface area contributed by atoms with Crippen molar-refractivity contribution in [2.45, 2.75) is 104 Å². The Balaban J connectivity index is 0.000000183. The van der Waals surface area contributed by atoms with E-state index in [2.05, 4.69) is 72.2 Å². The van der Waals surface area contributed by atoms with Gasteiger partial charge in [-0.1, -0.05) is 58.2 Å². The van der Waals surface area contributed by atoms with Crippen LogP contribution in [0.15, 0.2) is 30.4 Å². The van der Waals surface area contributed by atoms with Crippen LogP contribution in [0.2, 0.25) is 0 Å². The number of hydrogen-bond donors (Lipinski definition) is 1. The zero-order valence-electron chi connectivity index (χ0n) is 27.7. The number of hydrogen-bond acceptors (Lipinski definition) is 3. The highest BCUT2D eigenvalue weighted by Crippen LogP contribution is 2.48. The highest BCUT2D eigenvalue weighted by molar-refractivity contribution is 6.05. The molecule has 3 aromatic rings. The normalized spacial score (nSPS) is 31.7. The lowest BCUT2D eigenvalue weighted by Crippen LogP contribution is -2.48. The number of rotatable bonds is 2. The molecule has 0 spiro atoms. The summed E-state index contributed by atoms with van der Waals surface area (Å²) in [5.74, 6) is 3.84. The summed E-state index contributed by atoms with van der Waals surface area (Å²) in [5, 5.41) is 17.2. The van der Waals surface area contributed by atoms with E-state index in [9.17, 15) is 5.11 Å². The summed E-state index contributed by atoms with van der Waals surface area (Å²) in [6.45, 7) is 28.3. The van der Waals surface area contributed by atoms with Crippen molar-refractivity contribution in [1.29, 1.82) is 0 Å². The van der Waals surface area contributed by atoms with Crippen molar-refractivity contribution in [2.24, 2.45) is 23.7 Å². The molecule has 8 atom stereocenters. The van der Waals surface area contributed by atoms with Crippen LogP contribution < -0.4 is 15.2 Å². The van der Waals surface area contributed by atoms with Crippen LogP contribution in [0.4, 0.5) is 0 Å². The fraction of sp³-hybridized carbons (Fsp3) is 0.550. The maximum Gasteiger partial charge on any atom is 0.127 e. The van der Waals surface area contributed by atoms with Crippen LogP contribution in [0.1, 0.15) is 88.0 Å². The van der Waals surface area contributed by atoms with Gasteiger partial charge in [0.25, 0.3) is 0 Å². The van der Waals surface area contributed by atoms with Crippen LogP contribution in [-0.2, 0) is 6.42 Å². The van der Waals surface area contributed by atoms with Crippen molar-refractivity contribution in [2.75, 3.05) is 13.7 Å². The van der Waals surface area contributed by atoms with Crippen LogP contribution >= 0.6 is 0 Å². The van der Waals surface area contributed by atoms with Crippen LogP contribution in [0.25, 0.3) is 34.7 Å². The molecule has 3 aromatic carbocycles. The Bertz CT molecular complexity index is 1690. The standard InChI is InChI=1S/C27H30O.C13H23NO/c1-14(2)20-12-15(3)24-18(6)26-19(7)27-21(10-9-11-23(27)28-8)16(4)25(26)17(5)22(24)13-20;1-8-6-9(2)13(15)11-7-10-4-3-5-14(10)12(8)11/h9-11,15,20H,1,4,7,12-13H2,2-3,5-6,8H3;8-13,15H,3-7H2,1-2H3. The van der Waals surface area contributed by atoms with Crippen molar-refractivity contribution in [3.8, 4) is 5.75 Å². The summed E-state index contributed by atoms with van der Waals surface area (Å²) < 4.78 is 5.68. The topological polar surface area (TPSA) is 32.7 Å². The minimum Gasteiger partial charge on any atom is -0.496 e. The van der Waals surface area contributed by atoms with Gasteiger partial charge in [0.15, 0.2) is 0 Å². The van der Waals surface area contributed by atoms with Gasteiger partial charge in [-0.25, -0.2) is 0 Å². The minimum atomic E-state index is -0.0307. The molecule has 0 aromatic heterocycles. The molecule has 2 saturated heterocycles. The van der Waals surface area contributed by atoms with Gasteiger partial charge < -0.3 is 9.84 Å². The molecule has 2 heterocycles. The molecule has 1 saturated carbocycles. The number of aryl methyl sites for hydroxylation is 2. The fourth-order valence-corrected chi connectivity index (χ4v) is 10.1. The summed E-state index contributed by atoms with van der Waals surface area (Å²) in [4.78, 5) is 2.71. The largest absolute Gasteiger partial charge is 0.496 e. The van der Waals surface area contributed by atoms with Crippen molar-refractivity contribution >= 4 is 34.7 Å². The molecule has 1 N–H and O–H groups in total. The number of aliphatic hydroxyl groups excluding tert-OH is 1. The second-order valence-electron chi connectivity index (χ2n) is 14.7. The Morgan fingerprint density at radius 3 is 2.37 bits per heavy atom. The molecule has 0 bridgehead atoms. The smallest absolute Gasteiger partial charge is 0.127 e. The van der Waals surface area contributed by atoms with Gasteiger partial charge in [-0.05, 0) is 144 Å². The van der Waals surface area contributed by atoms with E-state index in [1.54, 1.807) is 7.11 Å². The summed E-state index contributed by atoms with van der Waals surface area (Å²) in [6, 6.07) is 7.71. The van der Waals surface area contributed by atoms with E-state index in [1.807, 2.05) is 12.1 Å². The average Bonchev–Trinajstić information content (AvgIpc) is 3.58. The van der Waals surface area contributed by atoms with E-state index in [0.29, 0.717) is 29.7 Å². The summed E-state index contributed by atoms with van der Waals surface area (Å²) in [5.41, 5.74) is 7.05. The first-order valence-corrected chi connectivity index (χ1v) is 16.8. The average molecular weight is 580 g/mol. The van der Waals surface area contributed by atoms with Gasteiger partial charge >= 0.3 is 0 Å². The lowest BCUT2D eigenvalue weighted by molar-refractivity contribution is -0.0215. The van der Waals surface area contributed by atoms with Gasteiger partial charge in [-0.3, -0.25) is 4.90 Å². The van der Waals surface area contributed by atoms with Crippen molar-refractivity contribution in [3.63, 3.8) is 0 Å². The van der Waals surface area contributed by atoms with E-state index in [-0.39, 0.29) is 6.10 Å². The lowest BCUT2D eigenvalue weighted by Gasteiger charge is -2.42. The lowest BCUT2D eigenvalue weighted by atomic mass is 9.71. The highest BCUT2D eigenvalue weighted by Gasteiger charge is 2.51. The van der Waals surface area contributed by atoms with E-state index in [0.717, 1.165) is 45.3 Å². The number of fused-ring (bicyclic) bond motifs is 6. The first kappa shape index (κ1) is 30.4. The molecule has 7 rings (SSSR count). The molecule has 2 aliphatic carbocycles. The van der Waals surface area contributed by atoms with Crippen LogP contribution in [0.5, 0.6) is 5.75 Å². The molecule has 2 aliphatic heterocycles. The van der Waals surface area contributed by atoms with Crippen LogP contribution in [-0.4, -0.2) is 41.8 Å². The molecule has 3 nitrogen and oxygen atoms in total. The van der Waals surface area contributed by atoms with Gasteiger partial charge in [0.2, 0.25) is 0 Å². The van der Waals surface area contributed by atoms with Gasteiger partial charge in [-0.2, -0.15) is 0 Å². The second-order valence-corrected chi connectivity index (χ2v) is 14.7. The predicted molar refractivity (Wildman–Crippen MR) is 183 cm³/mol. The quantitative estimate of drug-likeness (QED) is 0.251. The maximum absolute atomic E-state index is 10.3. The number of benzene rings is 3. The number of ether oxygens (including phenoxy) is 1. The molecule has 43 heavy (non-hydrogen) atoms. The van der Waals surface area contributed by atoms with Gasteiger partial charge in [0.1, 0.15) is 5.75 Å². The Hall–Kier alpha value is -2.62. The number of aliphatic hydroxyl groups is 1. The Labute approximate surface area is 259 Å². The third kappa shape index (κ3) is 4.77. The Morgan fingerprint density at radius 1 is 0.953 bits per heavy atom. The van der Waals surface area contributed by atoms with E-state index in [1.165, 1.54) is 77.2 Å². The maximum atomic E-state index is 10.3. The summed E-state index contributed by atoms with van der Waals surface area (Å²) in [7, 11) is 1.73. The van der Waals surface area contributed by atoms with E-state index >= 15 is 0 Å². The SMILES string of the molecule is C=C(C)C1Cc2c(c(C)c3c(=C)c4c(OC)cccc4c(=C)c3c2C)C(C)C1.CC1CC(C)C2C(CC3CCCN32)C1O. The van der Waals surface area contributed by atoms with Crippen molar-refractivity contribution in [3.05, 3.63) is 63.0 Å². The van der Waals surface area contributed by atoms with Crippen LogP contribution in [0, 0.1) is 37.5 Å². The van der Waals surface area contributed by atoms with Gasteiger partial charge in [0, 0.05) is 23.4 Å². The number of nitrogens with zero attached hydrogens (tertiary/aromatic N) is 1. The zero-order valence-corrected chi connectivity index (χ0v) is 27.7. The summed E-state index contributed by atoms with van der Waals surface area (Å²) >= 11 is 0. The van der Waals surface area contributed by atoms with E-state index < -0.39 is 0 Å². The molecule has 0 radical (unpaired) electrons. The second kappa shape index (κ2) is 11.4. The first-order chi connectivity index (χ1) is 20.5. The number of methoxy groups -OCH3 is 1. The molecule has 0 amide bonds. The van der Waals surface area contributed by atoms with E-state index in [4.69, 9.17) is 4.74 Å². The van der Waals surface area contributed by atoms with Crippen LogP contribution in [0.3, 0.4) is 0 Å². The minimum absolute atomic E-state index is 0.0307. The molecular formula is C40H53NO2.